The molecule has 2 rings (SSSR count). The van der Waals surface area contributed by atoms with Crippen LogP contribution in [0.15, 0.2) is 48.5 Å². The minimum atomic E-state index is -0.949. The minimum absolute atomic E-state index is 0.280. The molecule has 0 fully saturated rings. The molecule has 0 saturated carbocycles. The number of carbonyl (C=O) groups excluding carboxylic acids is 3. The van der Waals surface area contributed by atoms with Crippen LogP contribution < -0.4 is 19.9 Å². The predicted octanol–water partition coefficient (Wildman–Crippen LogP) is 2.40. The zero-order chi connectivity index (χ0) is 22.1. The molecule has 0 aliphatic carbocycles. The van der Waals surface area contributed by atoms with Crippen molar-refractivity contribution in [1.29, 1.82) is 0 Å². The summed E-state index contributed by atoms with van der Waals surface area (Å²) in [6.07, 6.45) is 1.76. The van der Waals surface area contributed by atoms with Crippen LogP contribution in [0.3, 0.4) is 0 Å². The fourth-order valence-corrected chi connectivity index (χ4v) is 2.48. The van der Waals surface area contributed by atoms with Crippen molar-refractivity contribution in [3.05, 3.63) is 59.7 Å². The van der Waals surface area contributed by atoms with Crippen LogP contribution in [0.1, 0.15) is 22.8 Å². The zero-order valence-electron chi connectivity index (χ0n) is 16.9. The summed E-state index contributed by atoms with van der Waals surface area (Å²) in [5.74, 6) is -0.262. The molecule has 2 aromatic rings. The fourth-order valence-electron chi connectivity index (χ4n) is 2.48. The Labute approximate surface area is 174 Å². The monoisotopic (exact) mass is 413 g/mol. The van der Waals surface area contributed by atoms with Gasteiger partial charge in [-0.15, -0.1) is 0 Å². The van der Waals surface area contributed by atoms with Gasteiger partial charge in [-0.25, -0.2) is 4.79 Å². The number of benzene rings is 2. The maximum atomic E-state index is 12.4. The number of nitrogens with two attached hydrogens (primary N) is 1. The number of primary amides is 1. The maximum Gasteiger partial charge on any atom is 0.331 e. The summed E-state index contributed by atoms with van der Waals surface area (Å²) in [7, 11) is 2.98. The molecule has 30 heavy (non-hydrogen) atoms. The maximum absolute atomic E-state index is 12.4. The van der Waals surface area contributed by atoms with E-state index in [4.69, 9.17) is 24.7 Å². The summed E-state index contributed by atoms with van der Waals surface area (Å²) in [5, 5.41) is 0. The smallest absolute Gasteiger partial charge is 0.331 e. The van der Waals surface area contributed by atoms with Gasteiger partial charge in [-0.1, -0.05) is 6.07 Å². The number of Topliss-reactive ketones (excluding diaryl/α,β-unsaturated/α-hetero) is 1. The van der Waals surface area contributed by atoms with E-state index in [-0.39, 0.29) is 12.4 Å². The molecule has 0 aromatic heterocycles. The summed E-state index contributed by atoms with van der Waals surface area (Å²) >= 11 is 0. The van der Waals surface area contributed by atoms with Gasteiger partial charge in [0, 0.05) is 11.6 Å². The van der Waals surface area contributed by atoms with Gasteiger partial charge in [0.2, 0.25) is 5.78 Å². The van der Waals surface area contributed by atoms with E-state index >= 15 is 0 Å². The van der Waals surface area contributed by atoms with Gasteiger partial charge in [0.25, 0.3) is 5.91 Å². The second-order valence-corrected chi connectivity index (χ2v) is 6.17. The molecule has 1 unspecified atom stereocenters. The Kier molecular flexibility index (Phi) is 7.99. The number of hydrogen-bond acceptors (Lipinski definition) is 7. The Balaban J connectivity index is 1.99. The summed E-state index contributed by atoms with van der Waals surface area (Å²) in [4.78, 5) is 35.3. The molecular formula is C22H23NO7. The minimum Gasteiger partial charge on any atom is -0.497 e. The highest BCUT2D eigenvalue weighted by atomic mass is 16.5. The first kappa shape index (κ1) is 22.5. The number of methoxy groups -OCH3 is 2. The van der Waals surface area contributed by atoms with Gasteiger partial charge < -0.3 is 24.7 Å². The van der Waals surface area contributed by atoms with E-state index in [1.54, 1.807) is 42.5 Å². The fraction of sp³-hybridized carbons (Fsp3) is 0.227. The number of ether oxygens (including phenoxy) is 4. The van der Waals surface area contributed by atoms with Crippen molar-refractivity contribution in [1.82, 2.24) is 0 Å². The van der Waals surface area contributed by atoms with Crippen molar-refractivity contribution in [3.8, 4) is 17.2 Å². The number of rotatable bonds is 10. The van der Waals surface area contributed by atoms with Crippen molar-refractivity contribution >= 4 is 23.7 Å². The molecule has 1 amide bonds. The van der Waals surface area contributed by atoms with Gasteiger partial charge in [0.15, 0.2) is 24.2 Å². The molecule has 0 heterocycles. The Morgan fingerprint density at radius 3 is 2.30 bits per heavy atom. The Hall–Kier alpha value is -3.81. The quantitative estimate of drug-likeness (QED) is 0.361. The Morgan fingerprint density at radius 1 is 1.00 bits per heavy atom. The zero-order valence-corrected chi connectivity index (χ0v) is 16.9. The lowest BCUT2D eigenvalue weighted by Gasteiger charge is -2.11. The number of ketones is 1. The third-order valence-electron chi connectivity index (χ3n) is 4.01. The normalized spacial score (nSPS) is 11.6. The lowest BCUT2D eigenvalue weighted by Crippen LogP contribution is -2.23. The third-order valence-corrected chi connectivity index (χ3v) is 4.01. The van der Waals surface area contributed by atoms with Crippen molar-refractivity contribution < 1.29 is 33.3 Å². The molecule has 1 atom stereocenters. The van der Waals surface area contributed by atoms with E-state index in [1.807, 2.05) is 0 Å². The molecule has 0 bridgehead atoms. The number of hydrogen-bond donors (Lipinski definition) is 1. The molecule has 8 nitrogen and oxygen atoms in total. The van der Waals surface area contributed by atoms with Crippen LogP contribution in [0.25, 0.3) is 6.08 Å². The molecule has 0 radical (unpaired) electrons. The highest BCUT2D eigenvalue weighted by Crippen LogP contribution is 2.28. The molecule has 0 aliphatic heterocycles. The van der Waals surface area contributed by atoms with E-state index in [1.165, 1.54) is 33.3 Å². The lowest BCUT2D eigenvalue weighted by molar-refractivity contribution is -0.140. The van der Waals surface area contributed by atoms with Crippen LogP contribution >= 0.6 is 0 Å². The topological polar surface area (TPSA) is 114 Å². The Bertz CT molecular complexity index is 935. The second kappa shape index (κ2) is 10.7. The molecule has 2 N–H and O–H groups in total. The average Bonchev–Trinajstić information content (AvgIpc) is 2.75. The van der Waals surface area contributed by atoms with E-state index in [9.17, 15) is 14.4 Å². The van der Waals surface area contributed by atoms with Crippen LogP contribution in [-0.2, 0) is 14.3 Å². The van der Waals surface area contributed by atoms with E-state index in [0.29, 0.717) is 28.4 Å². The van der Waals surface area contributed by atoms with Crippen LogP contribution in [0.4, 0.5) is 0 Å². The molecule has 8 heteroatoms. The summed E-state index contributed by atoms with van der Waals surface area (Å²) in [6.45, 7) is 1.23. The number of esters is 1. The van der Waals surface area contributed by atoms with Gasteiger partial charge >= 0.3 is 5.97 Å². The first-order valence-electron chi connectivity index (χ1n) is 9.00. The molecule has 0 saturated heterocycles. The SMILES string of the molecule is COc1ccc(C(=O)C(C)OC(=O)/C=C/c2ccc(OCC(N)=O)c(OC)c2)cc1. The average molecular weight is 413 g/mol. The highest BCUT2D eigenvalue weighted by molar-refractivity contribution is 6.01. The molecule has 0 spiro atoms. The summed E-state index contributed by atoms with van der Waals surface area (Å²) < 4.78 is 20.7. The van der Waals surface area contributed by atoms with Gasteiger partial charge in [0.05, 0.1) is 14.2 Å². The Morgan fingerprint density at radius 2 is 1.70 bits per heavy atom. The van der Waals surface area contributed by atoms with Crippen LogP contribution in [0, 0.1) is 0 Å². The third kappa shape index (κ3) is 6.37. The standard InChI is InChI=1S/C22H23NO7/c1-14(22(26)16-6-8-17(27-2)9-7-16)30-21(25)11-5-15-4-10-18(19(12-15)28-3)29-13-20(23)24/h4-12,14H,13H2,1-3H3,(H2,23,24)/b11-5+. The predicted molar refractivity (Wildman–Crippen MR) is 110 cm³/mol. The van der Waals surface area contributed by atoms with E-state index < -0.39 is 18.0 Å². The van der Waals surface area contributed by atoms with E-state index in [2.05, 4.69) is 0 Å². The van der Waals surface area contributed by atoms with Crippen molar-refractivity contribution in [2.24, 2.45) is 5.73 Å². The van der Waals surface area contributed by atoms with Crippen molar-refractivity contribution in [2.45, 2.75) is 13.0 Å². The molecule has 2 aromatic carbocycles. The van der Waals surface area contributed by atoms with Gasteiger partial charge in [-0.3, -0.25) is 9.59 Å². The highest BCUT2D eigenvalue weighted by Gasteiger charge is 2.18. The largest absolute Gasteiger partial charge is 0.497 e. The summed E-state index contributed by atoms with van der Waals surface area (Å²) in [6, 6.07) is 11.4. The van der Waals surface area contributed by atoms with Crippen LogP contribution in [0.5, 0.6) is 17.2 Å². The number of amides is 1. The van der Waals surface area contributed by atoms with Crippen LogP contribution in [0.2, 0.25) is 0 Å². The number of carbonyl (C=O) groups is 3. The molecule has 158 valence electrons. The first-order chi connectivity index (χ1) is 14.3. The van der Waals surface area contributed by atoms with Crippen molar-refractivity contribution in [2.75, 3.05) is 20.8 Å². The van der Waals surface area contributed by atoms with Gasteiger partial charge in [-0.2, -0.15) is 0 Å². The van der Waals surface area contributed by atoms with Crippen LogP contribution in [-0.4, -0.2) is 44.6 Å². The van der Waals surface area contributed by atoms with E-state index in [0.717, 1.165) is 0 Å². The molecule has 0 aliphatic rings. The second-order valence-electron chi connectivity index (χ2n) is 6.17. The molecular weight excluding hydrogens is 390 g/mol. The van der Waals surface area contributed by atoms with Crippen molar-refractivity contribution in [3.63, 3.8) is 0 Å². The van der Waals surface area contributed by atoms with Gasteiger partial charge in [-0.05, 0) is 55.0 Å². The van der Waals surface area contributed by atoms with Gasteiger partial charge in [0.1, 0.15) is 5.75 Å². The first-order valence-corrected chi connectivity index (χ1v) is 9.00. The lowest BCUT2D eigenvalue weighted by atomic mass is 10.1. The summed E-state index contributed by atoms with van der Waals surface area (Å²) in [5.41, 5.74) is 6.10.